The predicted octanol–water partition coefficient (Wildman–Crippen LogP) is -0.0336. The molecule has 1 saturated heterocycles. The molecule has 114 valence electrons. The molecular weight excluding hydrogens is 302 g/mol. The summed E-state index contributed by atoms with van der Waals surface area (Å²) in [6.07, 6.45) is -0.564. The van der Waals surface area contributed by atoms with E-state index in [-0.39, 0.29) is 35.2 Å². The van der Waals surface area contributed by atoms with E-state index in [2.05, 4.69) is 10.3 Å². The molecular formula is C11H13N3O6S. The number of carboxylic acids is 1. The van der Waals surface area contributed by atoms with E-state index < -0.39 is 28.4 Å². The molecule has 0 amide bonds. The van der Waals surface area contributed by atoms with Crippen molar-refractivity contribution in [3.05, 3.63) is 11.5 Å². The second-order valence-electron chi connectivity index (χ2n) is 5.01. The molecule has 0 radical (unpaired) electrons. The zero-order chi connectivity index (χ0) is 15.4. The summed E-state index contributed by atoms with van der Waals surface area (Å²) < 4.78 is 31.3. The number of carbonyl (C=O) groups is 1. The van der Waals surface area contributed by atoms with Crippen LogP contribution in [-0.2, 0) is 24.2 Å². The van der Waals surface area contributed by atoms with Crippen LogP contribution in [0.2, 0.25) is 0 Å². The molecule has 1 N–H and O–H groups in total. The topological polar surface area (TPSA) is 128 Å². The van der Waals surface area contributed by atoms with E-state index in [0.717, 1.165) is 0 Å². The van der Waals surface area contributed by atoms with E-state index in [9.17, 15) is 13.6 Å². The van der Waals surface area contributed by atoms with Crippen molar-refractivity contribution in [2.45, 2.75) is 24.8 Å². The van der Waals surface area contributed by atoms with Gasteiger partial charge in [0.2, 0.25) is 4.90 Å². The van der Waals surface area contributed by atoms with Crippen molar-refractivity contribution >= 4 is 22.1 Å². The Kier molecular flexibility index (Phi) is 3.11. The molecule has 0 aliphatic carbocycles. The molecule has 21 heavy (non-hydrogen) atoms. The largest absolute Gasteiger partial charge is 0.593 e. The molecule has 3 rings (SSSR count). The summed E-state index contributed by atoms with van der Waals surface area (Å²) in [5.41, 5.74) is 0.133. The van der Waals surface area contributed by atoms with Gasteiger partial charge in [-0.25, -0.2) is 4.79 Å². The lowest BCUT2D eigenvalue weighted by Crippen LogP contribution is -2.37. The van der Waals surface area contributed by atoms with E-state index in [1.807, 2.05) is 0 Å². The Bertz CT molecular complexity index is 664. The highest BCUT2D eigenvalue weighted by Crippen LogP contribution is 2.35. The van der Waals surface area contributed by atoms with Gasteiger partial charge >= 0.3 is 5.97 Å². The lowest BCUT2D eigenvalue weighted by Gasteiger charge is -2.22. The second-order valence-corrected chi connectivity index (χ2v) is 6.88. The van der Waals surface area contributed by atoms with Crippen LogP contribution in [0.5, 0.6) is 0 Å². The van der Waals surface area contributed by atoms with Gasteiger partial charge in [-0.15, -0.1) is 4.31 Å². The van der Waals surface area contributed by atoms with Crippen LogP contribution < -0.4 is 0 Å². The maximum atomic E-state index is 12.6. The Morgan fingerprint density at radius 1 is 1.48 bits per heavy atom. The quantitative estimate of drug-likeness (QED) is 0.775. The summed E-state index contributed by atoms with van der Waals surface area (Å²) in [5.74, 6) is -1.55. The van der Waals surface area contributed by atoms with Gasteiger partial charge in [0.05, 0.1) is 19.0 Å². The minimum Gasteiger partial charge on any atom is -0.593 e. The van der Waals surface area contributed by atoms with Crippen molar-refractivity contribution in [2.75, 3.05) is 13.1 Å². The van der Waals surface area contributed by atoms with E-state index in [1.54, 1.807) is 6.92 Å². The molecule has 1 aromatic rings. The first kappa shape index (κ1) is 14.2. The first-order valence-electron chi connectivity index (χ1n) is 6.22. The molecule has 3 heterocycles. The van der Waals surface area contributed by atoms with E-state index in [4.69, 9.17) is 14.5 Å². The van der Waals surface area contributed by atoms with Crippen LogP contribution in [0.25, 0.3) is 0 Å². The van der Waals surface area contributed by atoms with Gasteiger partial charge in [-0.2, -0.15) is 0 Å². The summed E-state index contributed by atoms with van der Waals surface area (Å²) in [6.45, 7) is 3.13. The minimum absolute atomic E-state index is 0.0161. The van der Waals surface area contributed by atoms with Crippen molar-refractivity contribution in [1.82, 2.24) is 9.46 Å². The predicted molar refractivity (Wildman–Crippen MR) is 68.1 cm³/mol. The van der Waals surface area contributed by atoms with Crippen molar-refractivity contribution in [2.24, 2.45) is 11.1 Å². The summed E-state index contributed by atoms with van der Waals surface area (Å²) in [4.78, 5) is 16.1. The van der Waals surface area contributed by atoms with Crippen molar-refractivity contribution in [3.8, 4) is 0 Å². The number of nitrogens with zero attached hydrogens (tertiary/aromatic N) is 3. The minimum atomic E-state index is -3.80. The summed E-state index contributed by atoms with van der Waals surface area (Å²) in [7, 11) is -3.80. The van der Waals surface area contributed by atoms with Crippen molar-refractivity contribution in [1.29, 1.82) is 0 Å². The van der Waals surface area contributed by atoms with Crippen LogP contribution in [0.3, 0.4) is 0 Å². The fourth-order valence-corrected chi connectivity index (χ4v) is 4.44. The average Bonchev–Trinajstić information content (AvgIpc) is 3.02. The Morgan fingerprint density at radius 3 is 2.76 bits per heavy atom. The number of aromatic nitrogens is 1. The molecule has 10 heteroatoms. The van der Waals surface area contributed by atoms with Crippen LogP contribution in [0, 0.1) is 19.8 Å². The van der Waals surface area contributed by atoms with Gasteiger partial charge < -0.3 is 19.0 Å². The fourth-order valence-electron chi connectivity index (χ4n) is 2.67. The van der Waals surface area contributed by atoms with Gasteiger partial charge in [0.15, 0.2) is 28.0 Å². The van der Waals surface area contributed by atoms with Crippen LogP contribution >= 0.6 is 0 Å². The Morgan fingerprint density at radius 2 is 2.19 bits per heavy atom. The van der Waals surface area contributed by atoms with Gasteiger partial charge in [-0.3, -0.25) is 0 Å². The zero-order valence-corrected chi connectivity index (χ0v) is 12.1. The van der Waals surface area contributed by atoms with Crippen LogP contribution in [-0.4, -0.2) is 50.0 Å². The first-order valence-corrected chi connectivity index (χ1v) is 7.66. The van der Waals surface area contributed by atoms with Crippen molar-refractivity contribution < 1.29 is 28.0 Å². The number of carboxylic acid groups (broad SMARTS) is 1. The number of oxime groups is 1. The smallest absolute Gasteiger partial charge is 0.354 e. The molecule has 3 atom stereocenters. The molecule has 1 aromatic heterocycles. The van der Waals surface area contributed by atoms with Crippen LogP contribution in [0.1, 0.15) is 11.5 Å². The summed E-state index contributed by atoms with van der Waals surface area (Å²) >= 11 is 0. The summed E-state index contributed by atoms with van der Waals surface area (Å²) in [6, 6.07) is 0. The number of rotatable bonds is 3. The maximum Gasteiger partial charge on any atom is 0.354 e. The number of hydrogen-bond acceptors (Lipinski definition) is 7. The number of aliphatic carboxylic acids is 1. The Balaban J connectivity index is 1.89. The number of sulfonamides is 1. The number of hydrogen-bond donors (Lipinski definition) is 1. The molecule has 0 aromatic carbocycles. The van der Waals surface area contributed by atoms with E-state index in [1.165, 1.54) is 11.2 Å². The van der Waals surface area contributed by atoms with Crippen LogP contribution in [0.15, 0.2) is 14.6 Å². The average molecular weight is 315 g/mol. The molecule has 9 nitrogen and oxygen atoms in total. The summed E-state index contributed by atoms with van der Waals surface area (Å²) in [5, 5.41) is 16.2. The standard InChI is InChI=1S/C11H13N3O6S/c1-5-10(6(2)19-12-5)21(17,18)14-3-7-8(4-14)20-13-9(7)11(15)16/h7-8H,3-4H2,1-2H3,(H-,15,16,17,18). The van der Waals surface area contributed by atoms with Gasteiger partial charge in [0.25, 0.3) is 0 Å². The normalized spacial score (nSPS) is 27.9. The first-order chi connectivity index (χ1) is 9.82. The SMILES string of the molecule is Cc1noc(C)c1[S+](=O)([O-])N1CC2ON=C(C(=O)O)C2C1. The Labute approximate surface area is 120 Å². The lowest BCUT2D eigenvalue weighted by molar-refractivity contribution is -0.129. The molecule has 3 unspecified atom stereocenters. The Hall–Kier alpha value is -1.78. The van der Waals surface area contributed by atoms with E-state index in [0.29, 0.717) is 0 Å². The third-order valence-corrected chi connectivity index (χ3v) is 5.73. The number of aryl methyl sites for hydroxylation is 2. The molecule has 2 aliphatic rings. The van der Waals surface area contributed by atoms with Gasteiger partial charge in [0.1, 0.15) is 5.69 Å². The zero-order valence-electron chi connectivity index (χ0n) is 11.3. The maximum absolute atomic E-state index is 12.6. The monoisotopic (exact) mass is 315 g/mol. The lowest BCUT2D eigenvalue weighted by atomic mass is 10.0. The van der Waals surface area contributed by atoms with Crippen molar-refractivity contribution in [3.63, 3.8) is 0 Å². The van der Waals surface area contributed by atoms with Gasteiger partial charge in [-0.1, -0.05) is 14.5 Å². The van der Waals surface area contributed by atoms with Gasteiger partial charge in [0, 0.05) is 6.92 Å². The highest BCUT2D eigenvalue weighted by Gasteiger charge is 2.52. The van der Waals surface area contributed by atoms with Crippen LogP contribution in [0.4, 0.5) is 0 Å². The molecule has 0 bridgehead atoms. The molecule has 0 saturated carbocycles. The third-order valence-electron chi connectivity index (χ3n) is 3.66. The highest BCUT2D eigenvalue weighted by molar-refractivity contribution is 7.95. The number of fused-ring (bicyclic) bond motifs is 1. The fraction of sp³-hybridized carbons (Fsp3) is 0.545. The third kappa shape index (κ3) is 2.06. The second kappa shape index (κ2) is 4.61. The molecule has 2 aliphatic heterocycles. The van der Waals surface area contributed by atoms with Gasteiger partial charge in [-0.05, 0) is 6.92 Å². The van der Waals surface area contributed by atoms with E-state index >= 15 is 0 Å². The molecule has 1 fully saturated rings. The molecule has 0 spiro atoms. The highest BCUT2D eigenvalue weighted by atomic mass is 32.3.